The zero-order valence-corrected chi connectivity index (χ0v) is 20.0. The summed E-state index contributed by atoms with van der Waals surface area (Å²) in [6, 6.07) is 19.0. The summed E-state index contributed by atoms with van der Waals surface area (Å²) in [5, 5.41) is 12.6. The predicted octanol–water partition coefficient (Wildman–Crippen LogP) is 6.15. The van der Waals surface area contributed by atoms with Gasteiger partial charge >= 0.3 is 6.36 Å². The summed E-state index contributed by atoms with van der Waals surface area (Å²) in [7, 11) is -4.17. The molecule has 0 aromatic heterocycles. The van der Waals surface area contributed by atoms with Crippen LogP contribution < -0.4 is 14.8 Å². The Bertz CT molecular complexity index is 1570. The van der Waals surface area contributed by atoms with E-state index in [4.69, 9.17) is 0 Å². The van der Waals surface area contributed by atoms with E-state index in [1.807, 2.05) is 0 Å². The van der Waals surface area contributed by atoms with Crippen molar-refractivity contribution in [3.05, 3.63) is 102 Å². The Balaban J connectivity index is 1.51. The number of hydrogen-bond donors (Lipinski definition) is 3. The van der Waals surface area contributed by atoms with Gasteiger partial charge in [-0.3, -0.25) is 9.52 Å². The van der Waals surface area contributed by atoms with Gasteiger partial charge in [0.1, 0.15) is 17.3 Å². The van der Waals surface area contributed by atoms with Gasteiger partial charge in [-0.1, -0.05) is 30.3 Å². The number of ether oxygens (including phenoxy) is 1. The Morgan fingerprint density at radius 1 is 0.868 bits per heavy atom. The molecule has 4 rings (SSSR count). The molecule has 0 bridgehead atoms. The quantitative estimate of drug-likeness (QED) is 0.147. The van der Waals surface area contributed by atoms with Crippen LogP contribution in [-0.4, -0.2) is 25.8 Å². The molecule has 4 aromatic rings. The molecule has 0 aliphatic heterocycles. The van der Waals surface area contributed by atoms with Gasteiger partial charge < -0.3 is 15.2 Å². The number of benzene rings is 4. The van der Waals surface area contributed by atoms with E-state index in [2.05, 4.69) is 14.8 Å². The Labute approximate surface area is 214 Å². The Morgan fingerprint density at radius 3 is 2.18 bits per heavy atom. The lowest BCUT2D eigenvalue weighted by Crippen LogP contribution is -2.17. The molecule has 0 heterocycles. The van der Waals surface area contributed by atoms with Crippen molar-refractivity contribution in [2.45, 2.75) is 11.3 Å². The molecule has 4 aromatic carbocycles. The van der Waals surface area contributed by atoms with Crippen LogP contribution in [0.3, 0.4) is 0 Å². The summed E-state index contributed by atoms with van der Waals surface area (Å²) in [5.41, 5.74) is 0.614. The molecule has 0 aliphatic carbocycles. The van der Waals surface area contributed by atoms with Crippen molar-refractivity contribution in [3.63, 3.8) is 0 Å². The molecule has 0 spiro atoms. The highest BCUT2D eigenvalue weighted by atomic mass is 32.2. The molecule has 0 saturated carbocycles. The Kier molecular flexibility index (Phi) is 7.26. The van der Waals surface area contributed by atoms with Crippen LogP contribution in [0.25, 0.3) is 11.1 Å². The average Bonchev–Trinajstić information content (AvgIpc) is 2.86. The van der Waals surface area contributed by atoms with E-state index in [1.165, 1.54) is 60.7 Å². The molecule has 0 unspecified atom stereocenters. The molecular formula is C26H18F4N2O5S. The number of carbonyl (C=O) groups is 1. The minimum Gasteiger partial charge on any atom is -0.506 e. The lowest BCUT2D eigenvalue weighted by molar-refractivity contribution is -0.274. The maximum atomic E-state index is 13.1. The fourth-order valence-corrected chi connectivity index (χ4v) is 4.50. The molecule has 0 fully saturated rings. The van der Waals surface area contributed by atoms with Crippen LogP contribution in [0.2, 0.25) is 0 Å². The number of alkyl halides is 3. The summed E-state index contributed by atoms with van der Waals surface area (Å²) in [6.07, 6.45) is -4.87. The SMILES string of the molecule is O=C(Nc1ccc(O)c(NS(=O)(=O)c2ccc(F)cc2)c1)c1ccc(-c2ccccc2OC(F)(F)F)cc1. The highest BCUT2D eigenvalue weighted by molar-refractivity contribution is 7.92. The van der Waals surface area contributed by atoms with Crippen molar-refractivity contribution in [1.82, 2.24) is 0 Å². The van der Waals surface area contributed by atoms with E-state index < -0.39 is 39.6 Å². The smallest absolute Gasteiger partial charge is 0.506 e. The maximum Gasteiger partial charge on any atom is 0.573 e. The molecule has 0 saturated heterocycles. The molecule has 196 valence electrons. The third-order valence-electron chi connectivity index (χ3n) is 5.19. The zero-order chi connectivity index (χ0) is 27.5. The summed E-state index contributed by atoms with van der Waals surface area (Å²) in [6.45, 7) is 0. The van der Waals surface area contributed by atoms with Gasteiger partial charge in [0.25, 0.3) is 15.9 Å². The van der Waals surface area contributed by atoms with Crippen molar-refractivity contribution in [2.75, 3.05) is 10.0 Å². The standard InChI is InChI=1S/C26H18F4N2O5S/c27-18-9-12-20(13-10-18)38(35,36)32-22-15-19(11-14-23(22)33)31-25(34)17-7-5-16(6-8-17)21-3-1-2-4-24(21)37-26(28,29)30/h1-15,32-33H,(H,31,34). The molecule has 0 aliphatic rings. The van der Waals surface area contributed by atoms with E-state index in [0.717, 1.165) is 24.3 Å². The summed E-state index contributed by atoms with van der Waals surface area (Å²) < 4.78 is 82.7. The first-order chi connectivity index (χ1) is 17.9. The van der Waals surface area contributed by atoms with Crippen molar-refractivity contribution in [3.8, 4) is 22.6 Å². The van der Waals surface area contributed by atoms with E-state index in [1.54, 1.807) is 6.07 Å². The van der Waals surface area contributed by atoms with E-state index in [9.17, 15) is 35.9 Å². The normalized spacial score (nSPS) is 11.6. The monoisotopic (exact) mass is 546 g/mol. The fourth-order valence-electron chi connectivity index (χ4n) is 3.44. The van der Waals surface area contributed by atoms with Crippen LogP contribution in [0.1, 0.15) is 10.4 Å². The zero-order valence-electron chi connectivity index (χ0n) is 19.2. The second-order valence-electron chi connectivity index (χ2n) is 7.87. The summed E-state index contributed by atoms with van der Waals surface area (Å²) in [4.78, 5) is 12.5. The van der Waals surface area contributed by atoms with Crippen LogP contribution in [0, 0.1) is 5.82 Å². The lowest BCUT2D eigenvalue weighted by Gasteiger charge is -2.14. The topological polar surface area (TPSA) is 105 Å². The maximum absolute atomic E-state index is 13.1. The number of amides is 1. The minimum absolute atomic E-state index is 0.137. The number of halogens is 4. The van der Waals surface area contributed by atoms with Crippen molar-refractivity contribution < 1.29 is 40.6 Å². The molecule has 0 atom stereocenters. The van der Waals surface area contributed by atoms with E-state index >= 15 is 0 Å². The number of nitrogens with one attached hydrogen (secondary N) is 2. The summed E-state index contributed by atoms with van der Waals surface area (Å²) in [5.74, 6) is -2.03. The molecule has 0 radical (unpaired) electrons. The molecule has 1 amide bonds. The number of aromatic hydroxyl groups is 1. The number of rotatable bonds is 7. The first kappa shape index (κ1) is 26.5. The van der Waals surface area contributed by atoms with Gasteiger partial charge in [-0.05, 0) is 66.2 Å². The highest BCUT2D eigenvalue weighted by Crippen LogP contribution is 2.34. The minimum atomic E-state index is -4.87. The van der Waals surface area contributed by atoms with Gasteiger partial charge in [0.05, 0.1) is 10.6 Å². The third-order valence-corrected chi connectivity index (χ3v) is 6.57. The van der Waals surface area contributed by atoms with Gasteiger partial charge in [-0.15, -0.1) is 13.2 Å². The van der Waals surface area contributed by atoms with Crippen LogP contribution in [0.15, 0.2) is 95.9 Å². The Hall–Kier alpha value is -4.58. The van der Waals surface area contributed by atoms with Gasteiger partial charge in [0, 0.05) is 16.8 Å². The average molecular weight is 546 g/mol. The number of phenols is 1. The van der Waals surface area contributed by atoms with Crippen molar-refractivity contribution in [2.24, 2.45) is 0 Å². The molecular weight excluding hydrogens is 528 g/mol. The summed E-state index contributed by atoms with van der Waals surface area (Å²) >= 11 is 0. The number of sulfonamides is 1. The number of phenolic OH excluding ortho intramolecular Hbond substituents is 1. The second-order valence-corrected chi connectivity index (χ2v) is 9.55. The lowest BCUT2D eigenvalue weighted by atomic mass is 10.0. The molecule has 12 heteroatoms. The fraction of sp³-hybridized carbons (Fsp3) is 0.0385. The number of hydrogen-bond acceptors (Lipinski definition) is 5. The van der Waals surface area contributed by atoms with E-state index in [0.29, 0.717) is 5.56 Å². The molecule has 7 nitrogen and oxygen atoms in total. The van der Waals surface area contributed by atoms with Crippen LogP contribution in [-0.2, 0) is 10.0 Å². The van der Waals surface area contributed by atoms with Gasteiger partial charge in [0.15, 0.2) is 0 Å². The van der Waals surface area contributed by atoms with Crippen molar-refractivity contribution in [1.29, 1.82) is 0 Å². The Morgan fingerprint density at radius 2 is 1.53 bits per heavy atom. The second kappa shape index (κ2) is 10.4. The first-order valence-corrected chi connectivity index (χ1v) is 12.3. The number of anilines is 2. The van der Waals surface area contributed by atoms with Gasteiger partial charge in [0.2, 0.25) is 0 Å². The molecule has 38 heavy (non-hydrogen) atoms. The molecule has 3 N–H and O–H groups in total. The first-order valence-electron chi connectivity index (χ1n) is 10.8. The van der Waals surface area contributed by atoms with E-state index in [-0.39, 0.29) is 27.4 Å². The highest BCUT2D eigenvalue weighted by Gasteiger charge is 2.32. The third kappa shape index (κ3) is 6.40. The van der Waals surface area contributed by atoms with Crippen LogP contribution in [0.4, 0.5) is 28.9 Å². The van der Waals surface area contributed by atoms with Gasteiger partial charge in [-0.25, -0.2) is 12.8 Å². The predicted molar refractivity (Wildman–Crippen MR) is 132 cm³/mol. The van der Waals surface area contributed by atoms with Crippen LogP contribution >= 0.6 is 0 Å². The number of carbonyl (C=O) groups excluding carboxylic acids is 1. The van der Waals surface area contributed by atoms with Gasteiger partial charge in [-0.2, -0.15) is 0 Å². The number of para-hydroxylation sites is 1. The van der Waals surface area contributed by atoms with Crippen LogP contribution in [0.5, 0.6) is 11.5 Å². The largest absolute Gasteiger partial charge is 0.573 e. The van der Waals surface area contributed by atoms with Crippen molar-refractivity contribution >= 4 is 27.3 Å².